The van der Waals surface area contributed by atoms with E-state index in [0.29, 0.717) is 11.3 Å². The van der Waals surface area contributed by atoms with Crippen LogP contribution in [-0.4, -0.2) is 5.01 Å². The first-order valence-electron chi connectivity index (χ1n) is 3.55. The van der Waals surface area contributed by atoms with Gasteiger partial charge in [-0.25, -0.2) is 4.39 Å². The molecule has 1 atom stereocenters. The molecule has 0 aliphatic carbocycles. The molecular weight excluding hydrogens is 223 g/mol. The van der Waals surface area contributed by atoms with Crippen LogP contribution in [-0.2, 0) is 0 Å². The number of alkyl halides is 1. The van der Waals surface area contributed by atoms with Crippen LogP contribution >= 0.6 is 15.9 Å². The lowest BCUT2D eigenvalue weighted by Crippen LogP contribution is -2.09. The molecule has 0 saturated heterocycles. The first-order chi connectivity index (χ1) is 5.77. The predicted molar refractivity (Wildman–Crippen MR) is 48.8 cm³/mol. The van der Waals surface area contributed by atoms with Gasteiger partial charge in [0, 0.05) is 0 Å². The molecule has 0 fully saturated rings. The third-order valence-electron chi connectivity index (χ3n) is 1.67. The Kier molecular flexibility index (Phi) is 1.89. The summed E-state index contributed by atoms with van der Waals surface area (Å²) in [4.78, 5) is 0. The molecule has 0 aromatic heterocycles. The number of fused-ring (bicyclic) bond motifs is 1. The van der Waals surface area contributed by atoms with E-state index in [-0.39, 0.29) is 10.8 Å². The Bertz CT molecular complexity index is 335. The lowest BCUT2D eigenvalue weighted by Gasteiger charge is -2.16. The number of ether oxygens (including phenoxy) is 1. The van der Waals surface area contributed by atoms with Gasteiger partial charge in [0.1, 0.15) is 11.6 Å². The van der Waals surface area contributed by atoms with Gasteiger partial charge in [-0.3, -0.25) is 0 Å². The molecule has 2 rings (SSSR count). The molecule has 0 N–H and O–H groups in total. The summed E-state index contributed by atoms with van der Waals surface area (Å²) in [6.45, 7) is 0. The molecule has 1 unspecified atom stereocenters. The van der Waals surface area contributed by atoms with Crippen molar-refractivity contribution in [2.24, 2.45) is 0 Å². The van der Waals surface area contributed by atoms with Crippen molar-refractivity contribution in [2.45, 2.75) is 5.01 Å². The second-order valence-electron chi connectivity index (χ2n) is 2.48. The van der Waals surface area contributed by atoms with Gasteiger partial charge >= 0.3 is 0 Å². The van der Waals surface area contributed by atoms with Gasteiger partial charge in [0.25, 0.3) is 0 Å². The maximum absolute atomic E-state index is 13.1. The summed E-state index contributed by atoms with van der Waals surface area (Å²) in [7, 11) is 0. The van der Waals surface area contributed by atoms with Crippen molar-refractivity contribution in [2.75, 3.05) is 0 Å². The van der Waals surface area contributed by atoms with Gasteiger partial charge in [0.2, 0.25) is 0 Å². The zero-order valence-corrected chi connectivity index (χ0v) is 7.71. The molecule has 1 nitrogen and oxygen atoms in total. The van der Waals surface area contributed by atoms with Crippen molar-refractivity contribution in [1.82, 2.24) is 0 Å². The van der Waals surface area contributed by atoms with Crippen LogP contribution in [0.1, 0.15) is 5.56 Å². The predicted octanol–water partition coefficient (Wildman–Crippen LogP) is 2.95. The summed E-state index contributed by atoms with van der Waals surface area (Å²) in [5.41, 5.74) is 0.521. The summed E-state index contributed by atoms with van der Waals surface area (Å²) in [6, 6.07) is 4.80. The molecule has 1 aromatic carbocycles. The molecule has 3 heteroatoms. The van der Waals surface area contributed by atoms with Crippen LogP contribution in [0.2, 0.25) is 0 Å². The Labute approximate surface area is 78.0 Å². The number of benzene rings is 1. The molecule has 1 aromatic rings. The smallest absolute Gasteiger partial charge is 0.171 e. The number of rotatable bonds is 0. The SMILES string of the molecule is Fc1cccc2c1C=CC(Br)O2. The van der Waals surface area contributed by atoms with Crippen LogP contribution in [0.4, 0.5) is 4.39 Å². The van der Waals surface area contributed by atoms with Gasteiger partial charge in [-0.05, 0) is 40.2 Å². The summed E-state index contributed by atoms with van der Waals surface area (Å²) >= 11 is 3.25. The first kappa shape index (κ1) is 7.80. The van der Waals surface area contributed by atoms with Crippen molar-refractivity contribution in [1.29, 1.82) is 0 Å². The van der Waals surface area contributed by atoms with E-state index in [1.165, 1.54) is 6.07 Å². The molecule has 0 bridgehead atoms. The Hall–Kier alpha value is -0.830. The van der Waals surface area contributed by atoms with Gasteiger partial charge in [-0.1, -0.05) is 6.07 Å². The summed E-state index contributed by atoms with van der Waals surface area (Å²) in [5, 5.41) is -0.146. The monoisotopic (exact) mass is 228 g/mol. The fraction of sp³-hybridized carbons (Fsp3) is 0.111. The molecule has 62 valence electrons. The molecule has 0 amide bonds. The molecule has 0 radical (unpaired) electrons. The van der Waals surface area contributed by atoms with Gasteiger partial charge in [0.05, 0.1) is 5.56 Å². The highest BCUT2D eigenvalue weighted by molar-refractivity contribution is 9.09. The van der Waals surface area contributed by atoms with Crippen molar-refractivity contribution in [3.05, 3.63) is 35.7 Å². The highest BCUT2D eigenvalue weighted by Gasteiger charge is 2.13. The summed E-state index contributed by atoms with van der Waals surface area (Å²) in [5.74, 6) is 0.336. The van der Waals surface area contributed by atoms with Crippen molar-refractivity contribution < 1.29 is 9.13 Å². The largest absolute Gasteiger partial charge is 0.474 e. The quantitative estimate of drug-likeness (QED) is 0.621. The van der Waals surface area contributed by atoms with Gasteiger partial charge in [0.15, 0.2) is 5.01 Å². The fourth-order valence-corrected chi connectivity index (χ4v) is 1.47. The topological polar surface area (TPSA) is 9.23 Å². The van der Waals surface area contributed by atoms with E-state index in [9.17, 15) is 4.39 Å². The van der Waals surface area contributed by atoms with Crippen molar-refractivity contribution >= 4 is 22.0 Å². The third-order valence-corrected chi connectivity index (χ3v) is 2.16. The zero-order valence-electron chi connectivity index (χ0n) is 6.13. The van der Waals surface area contributed by atoms with E-state index < -0.39 is 0 Å². The van der Waals surface area contributed by atoms with E-state index in [2.05, 4.69) is 15.9 Å². The molecule has 0 spiro atoms. The second-order valence-corrected chi connectivity index (χ2v) is 3.38. The van der Waals surface area contributed by atoms with E-state index in [1.54, 1.807) is 24.3 Å². The second kappa shape index (κ2) is 2.90. The van der Waals surface area contributed by atoms with Crippen LogP contribution in [0.15, 0.2) is 24.3 Å². The van der Waals surface area contributed by atoms with E-state index in [0.717, 1.165) is 0 Å². The number of hydrogen-bond donors (Lipinski definition) is 0. The van der Waals surface area contributed by atoms with Crippen LogP contribution in [0, 0.1) is 5.82 Å². The van der Waals surface area contributed by atoms with E-state index >= 15 is 0 Å². The Balaban J connectivity index is 2.53. The standard InChI is InChI=1S/C9H6BrFO/c10-9-5-4-6-7(11)2-1-3-8(6)12-9/h1-5,9H. The first-order valence-corrected chi connectivity index (χ1v) is 4.46. The Morgan fingerprint density at radius 2 is 2.25 bits per heavy atom. The number of halogens is 2. The van der Waals surface area contributed by atoms with E-state index in [1.807, 2.05) is 0 Å². The lowest BCUT2D eigenvalue weighted by atomic mass is 10.1. The highest BCUT2D eigenvalue weighted by Crippen LogP contribution is 2.29. The Morgan fingerprint density at radius 3 is 3.08 bits per heavy atom. The molecule has 1 heterocycles. The lowest BCUT2D eigenvalue weighted by molar-refractivity contribution is 0.331. The highest BCUT2D eigenvalue weighted by atomic mass is 79.9. The van der Waals surface area contributed by atoms with Gasteiger partial charge in [-0.2, -0.15) is 0 Å². The molecular formula is C9H6BrFO. The van der Waals surface area contributed by atoms with Gasteiger partial charge in [-0.15, -0.1) is 0 Å². The van der Waals surface area contributed by atoms with Crippen molar-refractivity contribution in [3.8, 4) is 5.75 Å². The third kappa shape index (κ3) is 1.25. The zero-order chi connectivity index (χ0) is 8.55. The maximum Gasteiger partial charge on any atom is 0.171 e. The number of hydrogen-bond acceptors (Lipinski definition) is 1. The minimum absolute atomic E-state index is 0.146. The van der Waals surface area contributed by atoms with Crippen LogP contribution in [0.25, 0.3) is 6.08 Å². The van der Waals surface area contributed by atoms with Gasteiger partial charge < -0.3 is 4.74 Å². The van der Waals surface area contributed by atoms with E-state index in [4.69, 9.17) is 4.74 Å². The van der Waals surface area contributed by atoms with Crippen molar-refractivity contribution in [3.63, 3.8) is 0 Å². The summed E-state index contributed by atoms with van der Waals surface area (Å²) < 4.78 is 18.4. The van der Waals surface area contributed by atoms with Crippen LogP contribution < -0.4 is 4.74 Å². The Morgan fingerprint density at radius 1 is 1.42 bits per heavy atom. The average Bonchev–Trinajstić information content (AvgIpc) is 2.04. The molecule has 1 aliphatic heterocycles. The normalized spacial score (nSPS) is 20.0. The van der Waals surface area contributed by atoms with Crippen LogP contribution in [0.3, 0.4) is 0 Å². The maximum atomic E-state index is 13.1. The molecule has 1 aliphatic rings. The van der Waals surface area contributed by atoms with Crippen LogP contribution in [0.5, 0.6) is 5.75 Å². The average molecular weight is 229 g/mol. The molecule has 0 saturated carbocycles. The minimum Gasteiger partial charge on any atom is -0.474 e. The fourth-order valence-electron chi connectivity index (χ4n) is 1.11. The summed E-state index contributed by atoms with van der Waals surface area (Å²) in [6.07, 6.45) is 3.47. The molecule has 12 heavy (non-hydrogen) atoms. The minimum atomic E-state index is -0.247.